The molecule has 0 aliphatic carbocycles. The second-order valence-electron chi connectivity index (χ2n) is 6.54. The summed E-state index contributed by atoms with van der Waals surface area (Å²) in [6.07, 6.45) is 2.18. The number of nitrogens with one attached hydrogen (secondary N) is 1. The van der Waals surface area contributed by atoms with Crippen molar-refractivity contribution in [1.82, 2.24) is 9.36 Å². The van der Waals surface area contributed by atoms with Gasteiger partial charge in [0.1, 0.15) is 17.4 Å². The van der Waals surface area contributed by atoms with Crippen molar-refractivity contribution in [2.45, 2.75) is 19.0 Å². The van der Waals surface area contributed by atoms with E-state index in [2.05, 4.69) is 14.7 Å². The molecule has 0 saturated carbocycles. The van der Waals surface area contributed by atoms with Crippen LogP contribution in [0, 0.1) is 17.2 Å². The van der Waals surface area contributed by atoms with Gasteiger partial charge in [-0.3, -0.25) is 10.1 Å². The van der Waals surface area contributed by atoms with Gasteiger partial charge in [0.25, 0.3) is 11.1 Å². The van der Waals surface area contributed by atoms with Crippen LogP contribution < -0.4 is 9.50 Å². The van der Waals surface area contributed by atoms with Crippen LogP contribution in [0.5, 0.6) is 5.75 Å². The number of hydrogen-bond donors (Lipinski definition) is 1. The minimum atomic E-state index is -3.67. The van der Waals surface area contributed by atoms with Crippen molar-refractivity contribution in [3.63, 3.8) is 0 Å². The molecular formula is C17H18N4O6S3. The van der Waals surface area contributed by atoms with Crippen molar-refractivity contribution in [2.24, 2.45) is 5.92 Å². The Kier molecular flexibility index (Phi) is 7.30. The van der Waals surface area contributed by atoms with E-state index in [9.17, 15) is 26.9 Å². The third kappa shape index (κ3) is 6.90. The van der Waals surface area contributed by atoms with Crippen LogP contribution >= 0.6 is 11.5 Å². The van der Waals surface area contributed by atoms with E-state index in [1.807, 2.05) is 0 Å². The number of aromatic nitrogens is 2. The molecule has 0 spiro atoms. The predicted octanol–water partition coefficient (Wildman–Crippen LogP) is 1.85. The third-order valence-corrected chi connectivity index (χ3v) is 6.35. The van der Waals surface area contributed by atoms with Gasteiger partial charge < -0.3 is 4.18 Å². The molecule has 0 bridgehead atoms. The largest absolute Gasteiger partial charge is 0.383 e. The number of nitrogens with zero attached hydrogens (tertiary/aromatic N) is 3. The molecule has 2 rings (SSSR count). The summed E-state index contributed by atoms with van der Waals surface area (Å²) in [5, 5.41) is 11.2. The molecule has 1 aromatic carbocycles. The maximum absolute atomic E-state index is 12.3. The molecule has 13 heteroatoms. The summed E-state index contributed by atoms with van der Waals surface area (Å²) in [5.41, 5.74) is 0.175. The van der Waals surface area contributed by atoms with Gasteiger partial charge in [0.2, 0.25) is 15.0 Å². The Morgan fingerprint density at radius 2 is 1.90 bits per heavy atom. The van der Waals surface area contributed by atoms with E-state index >= 15 is 0 Å². The minimum Gasteiger partial charge on any atom is -0.383 e. The molecule has 1 heterocycles. The summed E-state index contributed by atoms with van der Waals surface area (Å²) >= 11 is 0.691. The highest BCUT2D eigenvalue weighted by molar-refractivity contribution is 7.91. The SMILES string of the molecule is CC(C)CS(=O)(=O)c1nsc(NC(=O)C(C#N)=Cc2ccc(OS(C)(=O)=O)cc2)n1. The Balaban J connectivity index is 2.15. The molecule has 0 radical (unpaired) electrons. The highest BCUT2D eigenvalue weighted by Crippen LogP contribution is 2.19. The number of amides is 1. The minimum absolute atomic E-state index is 0.0552. The van der Waals surface area contributed by atoms with Crippen LogP contribution in [0.4, 0.5) is 5.13 Å². The Morgan fingerprint density at radius 1 is 1.27 bits per heavy atom. The molecule has 160 valence electrons. The molecule has 2 aromatic rings. The summed E-state index contributed by atoms with van der Waals surface area (Å²) in [6, 6.07) is 7.42. The topological polar surface area (TPSA) is 156 Å². The second kappa shape index (κ2) is 9.33. The van der Waals surface area contributed by atoms with E-state index in [0.717, 1.165) is 6.26 Å². The van der Waals surface area contributed by atoms with Crippen molar-refractivity contribution >= 4 is 48.6 Å². The van der Waals surface area contributed by atoms with Crippen LogP contribution in [0.1, 0.15) is 19.4 Å². The van der Waals surface area contributed by atoms with Crippen LogP contribution in [0.15, 0.2) is 35.0 Å². The molecule has 0 unspecified atom stereocenters. The molecule has 1 aromatic heterocycles. The summed E-state index contributed by atoms with van der Waals surface area (Å²) in [7, 11) is -7.33. The summed E-state index contributed by atoms with van der Waals surface area (Å²) in [5.74, 6) is -0.946. The van der Waals surface area contributed by atoms with Crippen LogP contribution in [0.25, 0.3) is 6.08 Å². The van der Waals surface area contributed by atoms with E-state index in [1.165, 1.54) is 30.3 Å². The van der Waals surface area contributed by atoms with Crippen LogP contribution in [-0.4, -0.2) is 44.1 Å². The van der Waals surface area contributed by atoms with E-state index in [-0.39, 0.29) is 33.3 Å². The molecule has 30 heavy (non-hydrogen) atoms. The molecule has 0 aliphatic heterocycles. The van der Waals surface area contributed by atoms with Crippen molar-refractivity contribution in [3.8, 4) is 11.8 Å². The third-order valence-electron chi connectivity index (χ3n) is 3.26. The maximum Gasteiger partial charge on any atom is 0.306 e. The summed E-state index contributed by atoms with van der Waals surface area (Å²) < 4.78 is 55.0. The monoisotopic (exact) mass is 470 g/mol. The Hall–Kier alpha value is -2.82. The van der Waals surface area contributed by atoms with Gasteiger partial charge in [0.15, 0.2) is 0 Å². The molecule has 0 saturated heterocycles. The fraction of sp³-hybridized carbons (Fsp3) is 0.294. The fourth-order valence-electron chi connectivity index (χ4n) is 2.17. The molecule has 1 amide bonds. The van der Waals surface area contributed by atoms with Gasteiger partial charge in [-0.2, -0.15) is 23.0 Å². The quantitative estimate of drug-likeness (QED) is 0.345. The standard InChI is InChI=1S/C17H18N4O6S3/c1-11(2)10-30(25,26)17-20-16(28-21-17)19-15(22)13(9-18)8-12-4-6-14(7-5-12)27-29(3,23)24/h4-8,11H,10H2,1-3H3,(H,19,20,21,22). The van der Waals surface area contributed by atoms with Gasteiger partial charge in [-0.15, -0.1) is 0 Å². The van der Waals surface area contributed by atoms with E-state index in [0.29, 0.717) is 17.1 Å². The lowest BCUT2D eigenvalue weighted by molar-refractivity contribution is -0.112. The van der Waals surface area contributed by atoms with Crippen molar-refractivity contribution in [3.05, 3.63) is 35.4 Å². The van der Waals surface area contributed by atoms with Crippen molar-refractivity contribution in [2.75, 3.05) is 17.3 Å². The van der Waals surface area contributed by atoms with Crippen LogP contribution in [-0.2, 0) is 24.7 Å². The molecular weight excluding hydrogens is 452 g/mol. The van der Waals surface area contributed by atoms with E-state index < -0.39 is 25.9 Å². The first-order valence-corrected chi connectivity index (χ1v) is 12.6. The van der Waals surface area contributed by atoms with Crippen LogP contribution in [0.3, 0.4) is 0 Å². The first-order chi connectivity index (χ1) is 13.9. The fourth-order valence-corrected chi connectivity index (χ4v) is 4.99. The first kappa shape index (κ1) is 23.5. The molecule has 0 aliphatic rings. The number of benzene rings is 1. The average molecular weight is 471 g/mol. The number of hydrogen-bond acceptors (Lipinski definition) is 10. The van der Waals surface area contributed by atoms with Gasteiger partial charge >= 0.3 is 10.1 Å². The molecule has 0 fully saturated rings. The zero-order chi connectivity index (χ0) is 22.5. The Bertz CT molecular complexity index is 1210. The zero-order valence-corrected chi connectivity index (χ0v) is 18.6. The number of rotatable bonds is 8. The highest BCUT2D eigenvalue weighted by Gasteiger charge is 2.23. The van der Waals surface area contributed by atoms with Gasteiger partial charge in [0, 0.05) is 11.5 Å². The normalized spacial score (nSPS) is 12.4. The van der Waals surface area contributed by atoms with Crippen molar-refractivity contribution in [1.29, 1.82) is 5.26 Å². The van der Waals surface area contributed by atoms with Gasteiger partial charge in [0.05, 0.1) is 12.0 Å². The smallest absolute Gasteiger partial charge is 0.306 e. The Morgan fingerprint density at radius 3 is 2.43 bits per heavy atom. The summed E-state index contributed by atoms with van der Waals surface area (Å²) in [4.78, 5) is 16.1. The van der Waals surface area contributed by atoms with E-state index in [4.69, 9.17) is 4.18 Å². The highest BCUT2D eigenvalue weighted by atomic mass is 32.2. The lowest BCUT2D eigenvalue weighted by atomic mass is 10.1. The van der Waals surface area contributed by atoms with Gasteiger partial charge in [-0.1, -0.05) is 26.0 Å². The average Bonchev–Trinajstić information content (AvgIpc) is 3.08. The number of carbonyl (C=O) groups excluding carboxylic acids is 1. The zero-order valence-electron chi connectivity index (χ0n) is 16.2. The van der Waals surface area contributed by atoms with Gasteiger partial charge in [-0.25, -0.2) is 8.42 Å². The first-order valence-electron chi connectivity index (χ1n) is 8.39. The number of sulfone groups is 1. The lowest BCUT2D eigenvalue weighted by Gasteiger charge is -2.03. The van der Waals surface area contributed by atoms with Gasteiger partial charge in [-0.05, 0) is 29.7 Å². The predicted molar refractivity (Wildman–Crippen MR) is 111 cm³/mol. The number of anilines is 1. The number of carbonyl (C=O) groups is 1. The maximum atomic E-state index is 12.3. The van der Waals surface area contributed by atoms with E-state index in [1.54, 1.807) is 19.9 Å². The van der Waals surface area contributed by atoms with Crippen LogP contribution in [0.2, 0.25) is 0 Å². The second-order valence-corrected chi connectivity index (χ2v) is 10.8. The molecule has 0 atom stereocenters. The Labute approximate surface area is 178 Å². The molecule has 1 N–H and O–H groups in total. The summed E-state index contributed by atoms with van der Waals surface area (Å²) in [6.45, 7) is 3.49. The van der Waals surface area contributed by atoms with Crippen molar-refractivity contribution < 1.29 is 25.8 Å². The molecule has 10 nitrogen and oxygen atoms in total. The lowest BCUT2D eigenvalue weighted by Crippen LogP contribution is -2.15. The number of nitriles is 1.